The van der Waals surface area contributed by atoms with Gasteiger partial charge in [-0.2, -0.15) is 0 Å². The molecular formula is C16H10FNO5. The van der Waals surface area contributed by atoms with Crippen LogP contribution in [-0.4, -0.2) is 30.0 Å². The molecule has 0 fully saturated rings. The molecule has 1 aliphatic rings. The second-order valence-electron chi connectivity index (χ2n) is 4.67. The van der Waals surface area contributed by atoms with E-state index in [9.17, 15) is 18.8 Å². The molecule has 3 rings (SSSR count). The number of nitrogens with zero attached hydrogens (tertiary/aromatic N) is 1. The fourth-order valence-electron chi connectivity index (χ4n) is 2.22. The zero-order chi connectivity index (χ0) is 16.6. The van der Waals surface area contributed by atoms with Gasteiger partial charge in [-0.1, -0.05) is 17.2 Å². The summed E-state index contributed by atoms with van der Waals surface area (Å²) in [6.07, 6.45) is 0. The number of carbonyl (C=O) groups excluding carboxylic acids is 3. The molecule has 7 heteroatoms. The number of fused-ring (bicyclic) bond motifs is 1. The third-order valence-electron chi connectivity index (χ3n) is 3.31. The van der Waals surface area contributed by atoms with E-state index in [1.165, 1.54) is 25.3 Å². The molecule has 2 aromatic rings. The molecule has 0 radical (unpaired) electrons. The van der Waals surface area contributed by atoms with Crippen LogP contribution in [0.15, 0.2) is 42.5 Å². The number of hydrogen-bond acceptors (Lipinski definition) is 5. The van der Waals surface area contributed by atoms with E-state index >= 15 is 0 Å². The lowest BCUT2D eigenvalue weighted by Crippen LogP contribution is -2.32. The maximum absolute atomic E-state index is 13.3. The Morgan fingerprint density at radius 3 is 2.22 bits per heavy atom. The van der Waals surface area contributed by atoms with Crippen molar-refractivity contribution in [1.82, 2.24) is 5.06 Å². The van der Waals surface area contributed by atoms with Crippen molar-refractivity contribution in [3.05, 3.63) is 65.0 Å². The van der Waals surface area contributed by atoms with E-state index in [0.717, 1.165) is 12.1 Å². The standard InChI is InChI=1S/C16H10FNO5/c1-22-13-7-6-9(17)8-12(13)16(21)23-18-14(19)10-4-2-3-5-11(10)15(18)20/h2-8H,1H3. The fraction of sp³-hybridized carbons (Fsp3) is 0.0625. The van der Waals surface area contributed by atoms with E-state index in [1.54, 1.807) is 12.1 Å². The number of hydrogen-bond donors (Lipinski definition) is 0. The van der Waals surface area contributed by atoms with Gasteiger partial charge in [-0.3, -0.25) is 9.59 Å². The number of ether oxygens (including phenoxy) is 1. The lowest BCUT2D eigenvalue weighted by Gasteiger charge is -2.14. The van der Waals surface area contributed by atoms with Crippen molar-refractivity contribution in [3.63, 3.8) is 0 Å². The SMILES string of the molecule is COc1ccc(F)cc1C(=O)ON1C(=O)c2ccccc2C1=O. The van der Waals surface area contributed by atoms with E-state index in [2.05, 4.69) is 0 Å². The van der Waals surface area contributed by atoms with Crippen LogP contribution in [0.4, 0.5) is 4.39 Å². The lowest BCUT2D eigenvalue weighted by atomic mass is 10.1. The molecule has 0 aromatic heterocycles. The van der Waals surface area contributed by atoms with Crippen LogP contribution in [0.1, 0.15) is 31.1 Å². The topological polar surface area (TPSA) is 72.9 Å². The maximum Gasteiger partial charge on any atom is 0.367 e. The highest BCUT2D eigenvalue weighted by Gasteiger charge is 2.39. The van der Waals surface area contributed by atoms with Crippen LogP contribution in [0.5, 0.6) is 5.75 Å². The minimum Gasteiger partial charge on any atom is -0.496 e. The first-order chi connectivity index (χ1) is 11.0. The number of amides is 2. The molecule has 23 heavy (non-hydrogen) atoms. The van der Waals surface area contributed by atoms with Crippen LogP contribution in [0.2, 0.25) is 0 Å². The average Bonchev–Trinajstić information content (AvgIpc) is 2.80. The molecule has 1 aliphatic heterocycles. The van der Waals surface area contributed by atoms with Gasteiger partial charge >= 0.3 is 5.97 Å². The van der Waals surface area contributed by atoms with E-state index in [4.69, 9.17) is 9.57 Å². The third kappa shape index (κ3) is 2.42. The van der Waals surface area contributed by atoms with Gasteiger partial charge in [0.15, 0.2) is 0 Å². The number of methoxy groups -OCH3 is 1. The molecular weight excluding hydrogens is 305 g/mol. The molecule has 2 aromatic carbocycles. The Labute approximate surface area is 130 Å². The summed E-state index contributed by atoms with van der Waals surface area (Å²) in [6.45, 7) is 0. The smallest absolute Gasteiger partial charge is 0.367 e. The van der Waals surface area contributed by atoms with E-state index in [-0.39, 0.29) is 22.4 Å². The van der Waals surface area contributed by atoms with Gasteiger partial charge in [-0.25, -0.2) is 9.18 Å². The zero-order valence-corrected chi connectivity index (χ0v) is 11.9. The Balaban J connectivity index is 1.89. The quantitative estimate of drug-likeness (QED) is 0.812. The minimum absolute atomic E-state index is 0.0630. The van der Waals surface area contributed by atoms with Crippen LogP contribution >= 0.6 is 0 Å². The van der Waals surface area contributed by atoms with Crippen molar-refractivity contribution in [3.8, 4) is 5.75 Å². The number of hydroxylamine groups is 2. The number of carbonyl (C=O) groups is 3. The van der Waals surface area contributed by atoms with Crippen molar-refractivity contribution in [1.29, 1.82) is 0 Å². The third-order valence-corrected chi connectivity index (χ3v) is 3.31. The van der Waals surface area contributed by atoms with Gasteiger partial charge in [-0.15, -0.1) is 0 Å². The van der Waals surface area contributed by atoms with Gasteiger partial charge in [0.1, 0.15) is 17.1 Å². The molecule has 1 heterocycles. The summed E-state index contributed by atoms with van der Waals surface area (Å²) in [5, 5.41) is 0.358. The largest absolute Gasteiger partial charge is 0.496 e. The zero-order valence-electron chi connectivity index (χ0n) is 11.9. The van der Waals surface area contributed by atoms with Crippen molar-refractivity contribution in [2.24, 2.45) is 0 Å². The van der Waals surface area contributed by atoms with Crippen molar-refractivity contribution < 1.29 is 28.3 Å². The van der Waals surface area contributed by atoms with Gasteiger partial charge in [0.05, 0.1) is 18.2 Å². The Kier molecular flexibility index (Phi) is 3.53. The monoisotopic (exact) mass is 315 g/mol. The minimum atomic E-state index is -1.07. The molecule has 0 bridgehead atoms. The van der Waals surface area contributed by atoms with Gasteiger partial charge in [0.25, 0.3) is 11.8 Å². The highest BCUT2D eigenvalue weighted by atomic mass is 19.1. The van der Waals surface area contributed by atoms with Crippen molar-refractivity contribution >= 4 is 17.8 Å². The van der Waals surface area contributed by atoms with Gasteiger partial charge < -0.3 is 9.57 Å². The Morgan fingerprint density at radius 2 is 1.65 bits per heavy atom. The summed E-state index contributed by atoms with van der Waals surface area (Å²) in [5.41, 5.74) is 0.0390. The number of imide groups is 1. The first-order valence-electron chi connectivity index (χ1n) is 6.56. The second kappa shape index (κ2) is 5.53. The Morgan fingerprint density at radius 1 is 1.04 bits per heavy atom. The second-order valence-corrected chi connectivity index (χ2v) is 4.67. The summed E-state index contributed by atoms with van der Waals surface area (Å²) in [5.74, 6) is -3.20. The van der Waals surface area contributed by atoms with Crippen LogP contribution in [-0.2, 0) is 4.84 Å². The summed E-state index contributed by atoms with van der Waals surface area (Å²) in [7, 11) is 1.30. The first kappa shape index (κ1) is 14.7. The maximum atomic E-state index is 13.3. The fourth-order valence-corrected chi connectivity index (χ4v) is 2.22. The van der Waals surface area contributed by atoms with E-state index < -0.39 is 23.6 Å². The Bertz CT molecular complexity index is 798. The molecule has 0 spiro atoms. The summed E-state index contributed by atoms with van der Waals surface area (Å²) < 4.78 is 18.3. The predicted octanol–water partition coefficient (Wildman–Crippen LogP) is 2.20. The number of halogens is 1. The number of benzene rings is 2. The van der Waals surface area contributed by atoms with Gasteiger partial charge in [0, 0.05) is 0 Å². The molecule has 6 nitrogen and oxygen atoms in total. The van der Waals surface area contributed by atoms with E-state index in [1.807, 2.05) is 0 Å². The van der Waals surface area contributed by atoms with Crippen LogP contribution in [0.25, 0.3) is 0 Å². The molecule has 0 saturated heterocycles. The molecule has 0 unspecified atom stereocenters. The lowest BCUT2D eigenvalue weighted by molar-refractivity contribution is -0.0586. The average molecular weight is 315 g/mol. The van der Waals surface area contributed by atoms with E-state index in [0.29, 0.717) is 5.06 Å². The highest BCUT2D eigenvalue weighted by Crippen LogP contribution is 2.25. The summed E-state index contributed by atoms with van der Waals surface area (Å²) in [4.78, 5) is 41.2. The van der Waals surface area contributed by atoms with Gasteiger partial charge in [-0.05, 0) is 30.3 Å². The summed E-state index contributed by atoms with van der Waals surface area (Å²) in [6, 6.07) is 9.33. The molecule has 0 aliphatic carbocycles. The molecule has 2 amide bonds. The highest BCUT2D eigenvalue weighted by molar-refractivity contribution is 6.21. The molecule has 0 saturated carbocycles. The summed E-state index contributed by atoms with van der Waals surface area (Å²) >= 11 is 0. The molecule has 0 N–H and O–H groups in total. The van der Waals surface area contributed by atoms with Gasteiger partial charge in [0.2, 0.25) is 0 Å². The molecule has 116 valence electrons. The van der Waals surface area contributed by atoms with Crippen LogP contribution < -0.4 is 4.74 Å². The van der Waals surface area contributed by atoms with Crippen LogP contribution in [0, 0.1) is 5.82 Å². The van der Waals surface area contributed by atoms with Crippen LogP contribution in [0.3, 0.4) is 0 Å². The Hall–Kier alpha value is -3.22. The number of rotatable bonds is 3. The predicted molar refractivity (Wildman–Crippen MR) is 75.3 cm³/mol. The van der Waals surface area contributed by atoms with Crippen molar-refractivity contribution in [2.45, 2.75) is 0 Å². The molecule has 0 atom stereocenters. The first-order valence-corrected chi connectivity index (χ1v) is 6.56. The normalized spacial score (nSPS) is 13.0. The van der Waals surface area contributed by atoms with Crippen molar-refractivity contribution in [2.75, 3.05) is 7.11 Å².